The fourth-order valence-corrected chi connectivity index (χ4v) is 2.27. The van der Waals surface area contributed by atoms with Crippen molar-refractivity contribution in [2.75, 3.05) is 0 Å². The Balaban J connectivity index is 1.76. The zero-order valence-electron chi connectivity index (χ0n) is 12.1. The molecular weight excluding hydrogens is 262 g/mol. The van der Waals surface area contributed by atoms with Gasteiger partial charge >= 0.3 is 6.03 Å². The molecule has 1 heterocycles. The zero-order valence-corrected chi connectivity index (χ0v) is 12.1. The van der Waals surface area contributed by atoms with Gasteiger partial charge in [0.15, 0.2) is 0 Å². The largest absolute Gasteiger partial charge is 0.342 e. The molecular formula is C17H17N3O. The highest BCUT2D eigenvalue weighted by atomic mass is 16.2. The molecule has 0 spiro atoms. The van der Waals surface area contributed by atoms with E-state index in [-0.39, 0.29) is 6.03 Å². The Morgan fingerprint density at radius 1 is 1.10 bits per heavy atom. The number of fused-ring (bicyclic) bond motifs is 1. The van der Waals surface area contributed by atoms with Crippen LogP contribution in [0.5, 0.6) is 0 Å². The van der Waals surface area contributed by atoms with Crippen molar-refractivity contribution in [2.45, 2.75) is 20.4 Å². The SMILES string of the molecule is Cc1ccc(CNC(=O)n2ncc3cc(C)ccc32)cc1. The van der Waals surface area contributed by atoms with Crippen molar-refractivity contribution in [3.63, 3.8) is 0 Å². The molecule has 0 fully saturated rings. The lowest BCUT2D eigenvalue weighted by Crippen LogP contribution is -2.28. The number of rotatable bonds is 2. The Bertz CT molecular complexity index is 787. The van der Waals surface area contributed by atoms with Crippen LogP contribution in [0.1, 0.15) is 16.7 Å². The molecule has 1 N–H and O–H groups in total. The topological polar surface area (TPSA) is 46.9 Å². The first-order valence-corrected chi connectivity index (χ1v) is 6.91. The van der Waals surface area contributed by atoms with Gasteiger partial charge in [0.2, 0.25) is 0 Å². The Labute approximate surface area is 123 Å². The van der Waals surface area contributed by atoms with Crippen LogP contribution in [0.15, 0.2) is 48.7 Å². The number of carbonyl (C=O) groups is 1. The van der Waals surface area contributed by atoms with Crippen molar-refractivity contribution in [3.05, 3.63) is 65.4 Å². The molecule has 0 saturated heterocycles. The first-order chi connectivity index (χ1) is 10.1. The molecule has 0 atom stereocenters. The predicted molar refractivity (Wildman–Crippen MR) is 83.3 cm³/mol. The van der Waals surface area contributed by atoms with Crippen molar-refractivity contribution in [1.29, 1.82) is 0 Å². The lowest BCUT2D eigenvalue weighted by molar-refractivity contribution is 0.240. The Hall–Kier alpha value is -2.62. The number of aryl methyl sites for hydroxylation is 2. The van der Waals surface area contributed by atoms with Crippen LogP contribution in [0.25, 0.3) is 10.9 Å². The lowest BCUT2D eigenvalue weighted by Gasteiger charge is -2.06. The molecule has 106 valence electrons. The second-order valence-corrected chi connectivity index (χ2v) is 5.26. The third-order valence-electron chi connectivity index (χ3n) is 3.48. The van der Waals surface area contributed by atoms with Gasteiger partial charge in [-0.1, -0.05) is 41.5 Å². The van der Waals surface area contributed by atoms with Crippen LogP contribution in [0.3, 0.4) is 0 Å². The number of aromatic nitrogens is 2. The van der Waals surface area contributed by atoms with Gasteiger partial charge in [0, 0.05) is 11.9 Å². The van der Waals surface area contributed by atoms with Crippen molar-refractivity contribution >= 4 is 16.9 Å². The smallest absolute Gasteiger partial charge is 0.332 e. The fourth-order valence-electron chi connectivity index (χ4n) is 2.27. The summed E-state index contributed by atoms with van der Waals surface area (Å²) in [4.78, 5) is 12.2. The first-order valence-electron chi connectivity index (χ1n) is 6.91. The van der Waals surface area contributed by atoms with Crippen LogP contribution in [0.4, 0.5) is 4.79 Å². The average Bonchev–Trinajstić information content (AvgIpc) is 2.89. The molecule has 1 aromatic heterocycles. The Morgan fingerprint density at radius 3 is 2.57 bits per heavy atom. The van der Waals surface area contributed by atoms with Gasteiger partial charge in [0.05, 0.1) is 11.7 Å². The van der Waals surface area contributed by atoms with E-state index in [9.17, 15) is 4.79 Å². The van der Waals surface area contributed by atoms with Crippen molar-refractivity contribution in [3.8, 4) is 0 Å². The van der Waals surface area contributed by atoms with E-state index in [4.69, 9.17) is 0 Å². The quantitative estimate of drug-likeness (QED) is 0.781. The minimum atomic E-state index is -0.213. The number of hydrogen-bond acceptors (Lipinski definition) is 2. The molecule has 21 heavy (non-hydrogen) atoms. The molecule has 0 aliphatic heterocycles. The van der Waals surface area contributed by atoms with Crippen LogP contribution >= 0.6 is 0 Å². The minimum absolute atomic E-state index is 0.213. The number of nitrogens with one attached hydrogen (secondary N) is 1. The maximum Gasteiger partial charge on any atom is 0.342 e. The highest BCUT2D eigenvalue weighted by Gasteiger charge is 2.09. The van der Waals surface area contributed by atoms with Crippen molar-refractivity contribution in [2.24, 2.45) is 0 Å². The Morgan fingerprint density at radius 2 is 1.81 bits per heavy atom. The molecule has 0 unspecified atom stereocenters. The number of nitrogens with zero attached hydrogens (tertiary/aromatic N) is 2. The summed E-state index contributed by atoms with van der Waals surface area (Å²) in [7, 11) is 0. The van der Waals surface area contributed by atoms with E-state index in [1.54, 1.807) is 6.20 Å². The van der Waals surface area contributed by atoms with E-state index in [1.807, 2.05) is 56.3 Å². The summed E-state index contributed by atoms with van der Waals surface area (Å²) in [5.41, 5.74) is 4.25. The lowest BCUT2D eigenvalue weighted by atomic mass is 10.1. The van der Waals surface area contributed by atoms with Gasteiger partial charge in [0.25, 0.3) is 0 Å². The van der Waals surface area contributed by atoms with Gasteiger partial charge in [-0.3, -0.25) is 0 Å². The van der Waals surface area contributed by atoms with Crippen LogP contribution in [0.2, 0.25) is 0 Å². The van der Waals surface area contributed by atoms with Gasteiger partial charge in [-0.2, -0.15) is 9.78 Å². The highest BCUT2D eigenvalue weighted by Crippen LogP contribution is 2.15. The molecule has 0 radical (unpaired) electrons. The average molecular weight is 279 g/mol. The van der Waals surface area contributed by atoms with Crippen LogP contribution in [-0.4, -0.2) is 15.8 Å². The molecule has 4 nitrogen and oxygen atoms in total. The summed E-state index contributed by atoms with van der Waals surface area (Å²) in [5, 5.41) is 8.03. The molecule has 0 saturated carbocycles. The monoisotopic (exact) mass is 279 g/mol. The summed E-state index contributed by atoms with van der Waals surface area (Å²) >= 11 is 0. The molecule has 0 aliphatic carbocycles. The summed E-state index contributed by atoms with van der Waals surface area (Å²) in [6.45, 7) is 4.56. The van der Waals surface area contributed by atoms with Crippen LogP contribution < -0.4 is 5.32 Å². The molecule has 4 heteroatoms. The normalized spacial score (nSPS) is 10.8. The third kappa shape index (κ3) is 2.79. The second kappa shape index (κ2) is 5.40. The summed E-state index contributed by atoms with van der Waals surface area (Å²) in [5.74, 6) is 0. The van der Waals surface area contributed by atoms with Gasteiger partial charge in [0.1, 0.15) is 0 Å². The van der Waals surface area contributed by atoms with Crippen LogP contribution in [0, 0.1) is 13.8 Å². The van der Waals surface area contributed by atoms with E-state index in [0.29, 0.717) is 6.54 Å². The molecule has 0 bridgehead atoms. The number of amides is 1. The Kier molecular flexibility index (Phi) is 3.44. The molecule has 3 aromatic rings. The standard InChI is InChI=1S/C17H17N3O/c1-12-3-6-14(7-4-12)10-18-17(21)20-16-8-5-13(2)9-15(16)11-19-20/h3-9,11H,10H2,1-2H3,(H,18,21). The van der Waals surface area contributed by atoms with Gasteiger partial charge in [-0.15, -0.1) is 0 Å². The minimum Gasteiger partial charge on any atom is -0.332 e. The molecule has 0 aliphatic rings. The second-order valence-electron chi connectivity index (χ2n) is 5.26. The third-order valence-corrected chi connectivity index (χ3v) is 3.48. The summed E-state index contributed by atoms with van der Waals surface area (Å²) < 4.78 is 1.41. The van der Waals surface area contributed by atoms with Crippen molar-refractivity contribution < 1.29 is 4.79 Å². The first kappa shape index (κ1) is 13.4. The van der Waals surface area contributed by atoms with E-state index in [1.165, 1.54) is 10.2 Å². The predicted octanol–water partition coefficient (Wildman–Crippen LogP) is 3.41. The van der Waals surface area contributed by atoms with E-state index >= 15 is 0 Å². The number of carbonyl (C=O) groups excluding carboxylic acids is 1. The van der Waals surface area contributed by atoms with E-state index in [0.717, 1.165) is 22.0 Å². The highest BCUT2D eigenvalue weighted by molar-refractivity contribution is 5.90. The zero-order chi connectivity index (χ0) is 14.8. The van der Waals surface area contributed by atoms with Gasteiger partial charge in [-0.05, 0) is 31.5 Å². The van der Waals surface area contributed by atoms with E-state index < -0.39 is 0 Å². The summed E-state index contributed by atoms with van der Waals surface area (Å²) in [6.07, 6.45) is 1.72. The number of benzene rings is 2. The number of hydrogen-bond donors (Lipinski definition) is 1. The molecule has 1 amide bonds. The van der Waals surface area contributed by atoms with Gasteiger partial charge < -0.3 is 5.32 Å². The fraction of sp³-hybridized carbons (Fsp3) is 0.176. The van der Waals surface area contributed by atoms with E-state index in [2.05, 4.69) is 10.4 Å². The molecule has 3 rings (SSSR count). The molecule has 2 aromatic carbocycles. The van der Waals surface area contributed by atoms with Gasteiger partial charge in [-0.25, -0.2) is 4.79 Å². The van der Waals surface area contributed by atoms with Crippen molar-refractivity contribution in [1.82, 2.24) is 15.1 Å². The maximum atomic E-state index is 12.2. The maximum absolute atomic E-state index is 12.2. The summed E-state index contributed by atoms with van der Waals surface area (Å²) in [6, 6.07) is 13.8. The van der Waals surface area contributed by atoms with Crippen LogP contribution in [-0.2, 0) is 6.54 Å².